The number of amides is 1. The van der Waals surface area contributed by atoms with Crippen LogP contribution < -0.4 is 5.32 Å². The van der Waals surface area contributed by atoms with E-state index in [2.05, 4.69) is 15.5 Å². The van der Waals surface area contributed by atoms with Crippen LogP contribution in [0.3, 0.4) is 0 Å². The second kappa shape index (κ2) is 6.38. The summed E-state index contributed by atoms with van der Waals surface area (Å²) in [5.74, 6) is 0.938. The average molecular weight is 277 g/mol. The van der Waals surface area contributed by atoms with E-state index in [1.807, 2.05) is 31.4 Å². The number of hydrogen-bond donors (Lipinski definition) is 1. The first kappa shape index (κ1) is 13.6. The summed E-state index contributed by atoms with van der Waals surface area (Å²) in [6, 6.07) is 7.48. The van der Waals surface area contributed by atoms with Gasteiger partial charge in [-0.05, 0) is 18.4 Å². The summed E-state index contributed by atoms with van der Waals surface area (Å²) in [5, 5.41) is 6.58. The summed E-state index contributed by atoms with van der Waals surface area (Å²) in [6.07, 6.45) is 2.63. The maximum absolute atomic E-state index is 12.1. The molecule has 0 aliphatic heterocycles. The Balaban J connectivity index is 2.01. The van der Waals surface area contributed by atoms with Crippen LogP contribution in [0.1, 0.15) is 29.0 Å². The number of benzene rings is 1. The third-order valence-corrected chi connectivity index (χ3v) is 3.37. The molecular weight excluding hydrogens is 262 g/mol. The topological polar surface area (TPSA) is 68.0 Å². The van der Waals surface area contributed by atoms with E-state index in [4.69, 9.17) is 4.52 Å². The summed E-state index contributed by atoms with van der Waals surface area (Å²) in [4.78, 5) is 17.1. The molecule has 100 valence electrons. The molecule has 1 amide bonds. The minimum Gasteiger partial charge on any atom is -0.345 e. The lowest BCUT2D eigenvalue weighted by molar-refractivity contribution is 0.0946. The molecule has 0 atom stereocenters. The third kappa shape index (κ3) is 3.35. The number of nitrogens with zero attached hydrogens (tertiary/aromatic N) is 2. The van der Waals surface area contributed by atoms with Crippen LogP contribution in [0.5, 0.6) is 0 Å². The smallest absolute Gasteiger partial charge is 0.252 e. The maximum atomic E-state index is 12.1. The molecule has 0 saturated carbocycles. The van der Waals surface area contributed by atoms with Crippen molar-refractivity contribution in [2.24, 2.45) is 0 Å². The van der Waals surface area contributed by atoms with E-state index in [0.717, 1.165) is 4.90 Å². The van der Waals surface area contributed by atoms with E-state index in [-0.39, 0.29) is 12.5 Å². The Hall–Kier alpha value is -1.82. The summed E-state index contributed by atoms with van der Waals surface area (Å²) in [6.45, 7) is 2.20. The van der Waals surface area contributed by atoms with Crippen molar-refractivity contribution in [1.82, 2.24) is 15.5 Å². The SMILES string of the molecule is CCc1nc(CNC(=O)c2ccccc2SC)no1. The van der Waals surface area contributed by atoms with Crippen molar-refractivity contribution >= 4 is 17.7 Å². The molecule has 0 aliphatic rings. The van der Waals surface area contributed by atoms with E-state index in [9.17, 15) is 4.79 Å². The molecule has 1 aromatic heterocycles. The first-order valence-corrected chi connectivity index (χ1v) is 7.19. The fourth-order valence-electron chi connectivity index (χ4n) is 1.59. The van der Waals surface area contributed by atoms with Crippen molar-refractivity contribution in [2.75, 3.05) is 6.26 Å². The van der Waals surface area contributed by atoms with Crippen LogP contribution >= 0.6 is 11.8 Å². The number of thioether (sulfide) groups is 1. The second-order valence-electron chi connectivity index (χ2n) is 3.84. The Kier molecular flexibility index (Phi) is 4.57. The van der Waals surface area contributed by atoms with E-state index in [1.165, 1.54) is 0 Å². The molecule has 0 bridgehead atoms. The first-order chi connectivity index (χ1) is 9.24. The molecule has 2 rings (SSSR count). The number of aryl methyl sites for hydroxylation is 1. The molecule has 1 N–H and O–H groups in total. The molecule has 0 unspecified atom stereocenters. The fraction of sp³-hybridized carbons (Fsp3) is 0.308. The highest BCUT2D eigenvalue weighted by atomic mass is 32.2. The summed E-state index contributed by atoms with van der Waals surface area (Å²) in [7, 11) is 0. The van der Waals surface area contributed by atoms with Crippen LogP contribution in [0, 0.1) is 0 Å². The van der Waals surface area contributed by atoms with Gasteiger partial charge in [-0.25, -0.2) is 0 Å². The molecular formula is C13H15N3O2S. The zero-order chi connectivity index (χ0) is 13.7. The monoisotopic (exact) mass is 277 g/mol. The van der Waals surface area contributed by atoms with E-state index >= 15 is 0 Å². The van der Waals surface area contributed by atoms with Gasteiger partial charge in [0.15, 0.2) is 5.82 Å². The number of rotatable bonds is 5. The zero-order valence-corrected chi connectivity index (χ0v) is 11.7. The highest BCUT2D eigenvalue weighted by Crippen LogP contribution is 2.19. The molecule has 5 nitrogen and oxygen atoms in total. The van der Waals surface area contributed by atoms with Crippen molar-refractivity contribution in [3.63, 3.8) is 0 Å². The van der Waals surface area contributed by atoms with Crippen LogP contribution in [0.15, 0.2) is 33.7 Å². The van der Waals surface area contributed by atoms with E-state index < -0.39 is 0 Å². The Morgan fingerprint density at radius 3 is 2.89 bits per heavy atom. The molecule has 19 heavy (non-hydrogen) atoms. The van der Waals surface area contributed by atoms with Gasteiger partial charge in [-0.1, -0.05) is 24.2 Å². The Labute approximate surface area is 115 Å². The van der Waals surface area contributed by atoms with Gasteiger partial charge in [-0.15, -0.1) is 11.8 Å². The Morgan fingerprint density at radius 2 is 2.21 bits per heavy atom. The van der Waals surface area contributed by atoms with Crippen molar-refractivity contribution < 1.29 is 9.32 Å². The van der Waals surface area contributed by atoms with Gasteiger partial charge in [-0.2, -0.15) is 4.98 Å². The number of carbonyl (C=O) groups excluding carboxylic acids is 1. The maximum Gasteiger partial charge on any atom is 0.252 e. The molecule has 2 aromatic rings. The summed E-state index contributed by atoms with van der Waals surface area (Å²) in [5.41, 5.74) is 0.661. The summed E-state index contributed by atoms with van der Waals surface area (Å²) < 4.78 is 4.98. The Morgan fingerprint density at radius 1 is 1.42 bits per heavy atom. The lowest BCUT2D eigenvalue weighted by Crippen LogP contribution is -2.23. The molecule has 1 aromatic carbocycles. The minimum absolute atomic E-state index is 0.132. The quantitative estimate of drug-likeness (QED) is 0.849. The zero-order valence-electron chi connectivity index (χ0n) is 10.8. The van der Waals surface area contributed by atoms with E-state index in [1.54, 1.807) is 17.8 Å². The standard InChI is InChI=1S/C13H15N3O2S/c1-3-12-15-11(16-18-12)8-14-13(17)9-6-4-5-7-10(9)19-2/h4-7H,3,8H2,1-2H3,(H,14,17). The van der Waals surface area contributed by atoms with Crippen LogP contribution in [0.2, 0.25) is 0 Å². The summed E-state index contributed by atoms with van der Waals surface area (Å²) >= 11 is 1.54. The van der Waals surface area contributed by atoms with Gasteiger partial charge in [-0.3, -0.25) is 4.79 Å². The van der Waals surface area contributed by atoms with E-state index in [0.29, 0.717) is 23.7 Å². The number of carbonyl (C=O) groups is 1. The van der Waals surface area contributed by atoms with Crippen LogP contribution in [-0.2, 0) is 13.0 Å². The largest absolute Gasteiger partial charge is 0.345 e. The van der Waals surface area contributed by atoms with Crippen LogP contribution in [-0.4, -0.2) is 22.3 Å². The normalized spacial score (nSPS) is 10.4. The fourth-order valence-corrected chi connectivity index (χ4v) is 2.19. The highest BCUT2D eigenvalue weighted by molar-refractivity contribution is 7.98. The molecule has 0 aliphatic carbocycles. The van der Waals surface area contributed by atoms with Crippen molar-refractivity contribution in [1.29, 1.82) is 0 Å². The highest BCUT2D eigenvalue weighted by Gasteiger charge is 2.11. The lowest BCUT2D eigenvalue weighted by Gasteiger charge is -2.06. The molecule has 0 radical (unpaired) electrons. The van der Waals surface area contributed by atoms with Crippen molar-refractivity contribution in [3.8, 4) is 0 Å². The van der Waals surface area contributed by atoms with Gasteiger partial charge in [0.1, 0.15) is 0 Å². The van der Waals surface area contributed by atoms with Gasteiger partial charge in [0.25, 0.3) is 5.91 Å². The van der Waals surface area contributed by atoms with Crippen LogP contribution in [0.25, 0.3) is 0 Å². The van der Waals surface area contributed by atoms with Crippen molar-refractivity contribution in [3.05, 3.63) is 41.5 Å². The second-order valence-corrected chi connectivity index (χ2v) is 4.69. The average Bonchev–Trinajstić information content (AvgIpc) is 2.92. The van der Waals surface area contributed by atoms with Gasteiger partial charge in [0.05, 0.1) is 12.1 Å². The van der Waals surface area contributed by atoms with Gasteiger partial charge >= 0.3 is 0 Å². The molecule has 6 heteroatoms. The third-order valence-electron chi connectivity index (χ3n) is 2.57. The number of nitrogens with one attached hydrogen (secondary N) is 1. The minimum atomic E-state index is -0.132. The Bertz CT molecular complexity index is 569. The van der Waals surface area contributed by atoms with Crippen molar-refractivity contribution in [2.45, 2.75) is 24.8 Å². The molecule has 0 fully saturated rings. The molecule has 0 spiro atoms. The lowest BCUT2D eigenvalue weighted by atomic mass is 10.2. The molecule has 0 saturated heterocycles. The van der Waals surface area contributed by atoms with Gasteiger partial charge < -0.3 is 9.84 Å². The predicted molar refractivity (Wildman–Crippen MR) is 73.1 cm³/mol. The number of hydrogen-bond acceptors (Lipinski definition) is 5. The van der Waals surface area contributed by atoms with Crippen LogP contribution in [0.4, 0.5) is 0 Å². The molecule has 1 heterocycles. The van der Waals surface area contributed by atoms with Gasteiger partial charge in [0.2, 0.25) is 5.89 Å². The first-order valence-electron chi connectivity index (χ1n) is 5.97. The van der Waals surface area contributed by atoms with Gasteiger partial charge in [0, 0.05) is 11.3 Å². The number of aromatic nitrogens is 2. The predicted octanol–water partition coefficient (Wildman–Crippen LogP) is 2.28.